The van der Waals surface area contributed by atoms with E-state index < -0.39 is 0 Å². The van der Waals surface area contributed by atoms with Gasteiger partial charge in [-0.15, -0.1) is 0 Å². The van der Waals surface area contributed by atoms with Crippen LogP contribution in [0.15, 0.2) is 60.1 Å². The predicted molar refractivity (Wildman–Crippen MR) is 96.1 cm³/mol. The van der Waals surface area contributed by atoms with Gasteiger partial charge >= 0.3 is 0 Å². The quantitative estimate of drug-likeness (QED) is 0.730. The van der Waals surface area contributed by atoms with Crippen LogP contribution in [-0.4, -0.2) is 28.6 Å². The van der Waals surface area contributed by atoms with Crippen LogP contribution in [0.1, 0.15) is 5.56 Å². The number of hydrogen-bond acceptors (Lipinski definition) is 5. The molecule has 3 rings (SSSR count). The molecule has 0 radical (unpaired) electrons. The van der Waals surface area contributed by atoms with Crippen molar-refractivity contribution in [3.8, 4) is 5.82 Å². The van der Waals surface area contributed by atoms with Crippen molar-refractivity contribution in [1.82, 2.24) is 14.5 Å². The average Bonchev–Trinajstić information content (AvgIpc) is 3.02. The first-order valence-corrected chi connectivity index (χ1v) is 8.27. The van der Waals surface area contributed by atoms with Crippen molar-refractivity contribution in [2.24, 2.45) is 0 Å². The van der Waals surface area contributed by atoms with Gasteiger partial charge in [0.25, 0.3) is 0 Å². The maximum Gasteiger partial charge on any atom is 0.174 e. The molecule has 3 aromatic rings. The molecule has 0 aliphatic carbocycles. The summed E-state index contributed by atoms with van der Waals surface area (Å²) in [5.74, 6) is 1.67. The second-order valence-corrected chi connectivity index (χ2v) is 6.28. The number of aromatic nitrogens is 3. The van der Waals surface area contributed by atoms with Crippen LogP contribution in [0.2, 0.25) is 0 Å². The molecular weight excluding hydrogens is 306 g/mol. The molecule has 23 heavy (non-hydrogen) atoms. The first-order valence-electron chi connectivity index (χ1n) is 7.28. The van der Waals surface area contributed by atoms with Crippen LogP contribution < -0.4 is 10.6 Å². The molecule has 2 N–H and O–H groups in total. The molecule has 0 unspecified atom stereocenters. The number of benzene rings is 1. The van der Waals surface area contributed by atoms with E-state index in [2.05, 4.69) is 53.2 Å². The van der Waals surface area contributed by atoms with Gasteiger partial charge in [-0.05, 0) is 23.8 Å². The zero-order chi connectivity index (χ0) is 16.2. The van der Waals surface area contributed by atoms with Crippen LogP contribution in [0.5, 0.6) is 0 Å². The fraction of sp³-hybridized carbons (Fsp3) is 0.176. The smallest absolute Gasteiger partial charge is 0.174 e. The lowest BCUT2D eigenvalue weighted by Gasteiger charge is -2.17. The molecule has 0 aliphatic rings. The van der Waals surface area contributed by atoms with Gasteiger partial charge in [-0.2, -0.15) is 0 Å². The minimum atomic E-state index is 0.656. The van der Waals surface area contributed by atoms with Crippen molar-refractivity contribution in [2.45, 2.75) is 10.9 Å². The molecule has 118 valence electrons. The Morgan fingerprint density at radius 1 is 1.13 bits per heavy atom. The Kier molecular flexibility index (Phi) is 4.52. The number of hydrogen-bond donors (Lipinski definition) is 1. The van der Waals surface area contributed by atoms with E-state index in [0.717, 1.165) is 16.7 Å². The molecule has 0 fully saturated rings. The molecular formula is C17H19N5S. The predicted octanol–water partition coefficient (Wildman–Crippen LogP) is 3.21. The average molecular weight is 325 g/mol. The van der Waals surface area contributed by atoms with Crippen molar-refractivity contribution in [3.63, 3.8) is 0 Å². The second kappa shape index (κ2) is 6.75. The Balaban J connectivity index is 1.80. The molecule has 2 aromatic heterocycles. The Morgan fingerprint density at radius 2 is 1.96 bits per heavy atom. The molecule has 5 nitrogen and oxygen atoms in total. The number of nitrogens with zero attached hydrogens (tertiary/aromatic N) is 4. The minimum Gasteiger partial charge on any atom is -0.397 e. The SMILES string of the molecule is CN(C)c1ccccc1CSc1nccn1-c1ccc(N)cn1. The molecule has 0 spiro atoms. The van der Waals surface area contributed by atoms with Crippen molar-refractivity contribution in [2.75, 3.05) is 24.7 Å². The fourth-order valence-electron chi connectivity index (χ4n) is 2.32. The highest BCUT2D eigenvalue weighted by Gasteiger charge is 2.09. The van der Waals surface area contributed by atoms with Crippen molar-refractivity contribution in [3.05, 3.63) is 60.6 Å². The number of thioether (sulfide) groups is 1. The summed E-state index contributed by atoms with van der Waals surface area (Å²) in [6.45, 7) is 0. The number of anilines is 2. The van der Waals surface area contributed by atoms with Gasteiger partial charge in [0.05, 0.1) is 11.9 Å². The van der Waals surface area contributed by atoms with Gasteiger partial charge in [-0.1, -0.05) is 30.0 Å². The van der Waals surface area contributed by atoms with Gasteiger partial charge in [-0.3, -0.25) is 4.57 Å². The summed E-state index contributed by atoms with van der Waals surface area (Å²) in [5.41, 5.74) is 8.86. The van der Waals surface area contributed by atoms with Crippen molar-refractivity contribution in [1.29, 1.82) is 0 Å². The van der Waals surface area contributed by atoms with Crippen LogP contribution in [0.3, 0.4) is 0 Å². The number of rotatable bonds is 5. The Hall–Kier alpha value is -2.47. The normalized spacial score (nSPS) is 10.7. The number of nitrogens with two attached hydrogens (primary N) is 1. The van der Waals surface area contributed by atoms with E-state index in [0.29, 0.717) is 5.69 Å². The lowest BCUT2D eigenvalue weighted by molar-refractivity contribution is 0.864. The first-order chi connectivity index (χ1) is 11.1. The van der Waals surface area contributed by atoms with E-state index in [1.807, 2.05) is 22.9 Å². The van der Waals surface area contributed by atoms with E-state index >= 15 is 0 Å². The van der Waals surface area contributed by atoms with Crippen LogP contribution in [0.4, 0.5) is 11.4 Å². The summed E-state index contributed by atoms with van der Waals surface area (Å²) in [6, 6.07) is 12.1. The Labute approximate surface area is 140 Å². The van der Waals surface area contributed by atoms with E-state index in [1.165, 1.54) is 11.3 Å². The standard InChI is InChI=1S/C17H19N5S/c1-21(2)15-6-4-3-5-13(15)12-23-17-19-9-10-22(17)16-8-7-14(18)11-20-16/h3-11H,12,18H2,1-2H3. The third-order valence-corrected chi connectivity index (χ3v) is 4.47. The fourth-order valence-corrected chi connectivity index (χ4v) is 3.28. The van der Waals surface area contributed by atoms with Crippen LogP contribution in [0, 0.1) is 0 Å². The van der Waals surface area contributed by atoms with Gasteiger partial charge in [-0.25, -0.2) is 9.97 Å². The highest BCUT2D eigenvalue weighted by atomic mass is 32.2. The van der Waals surface area contributed by atoms with Gasteiger partial charge in [0, 0.05) is 37.9 Å². The molecule has 1 aromatic carbocycles. The van der Waals surface area contributed by atoms with Gasteiger partial charge in [0.1, 0.15) is 5.82 Å². The number of nitrogen functional groups attached to an aromatic ring is 1. The molecule has 0 aliphatic heterocycles. The zero-order valence-corrected chi connectivity index (χ0v) is 14.0. The monoisotopic (exact) mass is 325 g/mol. The summed E-state index contributed by atoms with van der Waals surface area (Å²) in [5, 5.41) is 0.913. The van der Waals surface area contributed by atoms with Gasteiger partial charge in [0.2, 0.25) is 0 Å². The number of para-hydroxylation sites is 1. The number of pyridine rings is 1. The first kappa shape index (κ1) is 15.4. The molecule has 6 heteroatoms. The third-order valence-electron chi connectivity index (χ3n) is 3.45. The largest absolute Gasteiger partial charge is 0.397 e. The zero-order valence-electron chi connectivity index (χ0n) is 13.2. The minimum absolute atomic E-state index is 0.656. The summed E-state index contributed by atoms with van der Waals surface area (Å²) < 4.78 is 1.97. The Bertz CT molecular complexity index is 780. The Morgan fingerprint density at radius 3 is 2.70 bits per heavy atom. The molecule has 0 saturated heterocycles. The van der Waals surface area contributed by atoms with Gasteiger partial charge < -0.3 is 10.6 Å². The highest BCUT2D eigenvalue weighted by Crippen LogP contribution is 2.28. The summed E-state index contributed by atoms with van der Waals surface area (Å²) in [7, 11) is 4.12. The summed E-state index contributed by atoms with van der Waals surface area (Å²) in [4.78, 5) is 10.9. The maximum absolute atomic E-state index is 5.70. The van der Waals surface area contributed by atoms with Crippen LogP contribution >= 0.6 is 11.8 Å². The van der Waals surface area contributed by atoms with E-state index in [9.17, 15) is 0 Å². The molecule has 0 amide bonds. The van der Waals surface area contributed by atoms with Crippen LogP contribution in [-0.2, 0) is 5.75 Å². The molecule has 0 bridgehead atoms. The lowest BCUT2D eigenvalue weighted by atomic mass is 10.2. The molecule has 0 atom stereocenters. The second-order valence-electron chi connectivity index (χ2n) is 5.34. The molecule has 2 heterocycles. The lowest BCUT2D eigenvalue weighted by Crippen LogP contribution is -2.10. The van der Waals surface area contributed by atoms with E-state index in [1.54, 1.807) is 24.2 Å². The van der Waals surface area contributed by atoms with E-state index in [-0.39, 0.29) is 0 Å². The topological polar surface area (TPSA) is 60.0 Å². The molecule has 0 saturated carbocycles. The van der Waals surface area contributed by atoms with Crippen LogP contribution in [0.25, 0.3) is 5.82 Å². The van der Waals surface area contributed by atoms with E-state index in [4.69, 9.17) is 5.73 Å². The highest BCUT2D eigenvalue weighted by molar-refractivity contribution is 7.98. The summed E-state index contributed by atoms with van der Waals surface area (Å²) in [6.07, 6.45) is 5.36. The van der Waals surface area contributed by atoms with Gasteiger partial charge in [0.15, 0.2) is 5.16 Å². The summed E-state index contributed by atoms with van der Waals surface area (Å²) >= 11 is 1.69. The third kappa shape index (κ3) is 3.48. The van der Waals surface area contributed by atoms with Crippen molar-refractivity contribution >= 4 is 23.1 Å². The number of imidazole rings is 1. The van der Waals surface area contributed by atoms with Crippen molar-refractivity contribution < 1.29 is 0 Å². The maximum atomic E-state index is 5.70.